The standard InChI is InChI=1S/C20H20F2N2O2/c1-14(23-26-20(25)16-7-3-4-8-17(16)21)15-9-10-19(18(22)13-15)24-11-5-2-6-12-24/h3-4,7-10,13H,2,5-6,11-12H2,1H3/b23-14-. The van der Waals surface area contributed by atoms with E-state index < -0.39 is 11.8 Å². The molecular formula is C20H20F2N2O2. The van der Waals surface area contributed by atoms with Crippen LogP contribution in [0.15, 0.2) is 47.6 Å². The summed E-state index contributed by atoms with van der Waals surface area (Å²) in [7, 11) is 0. The van der Waals surface area contributed by atoms with E-state index in [0.29, 0.717) is 17.0 Å². The molecule has 6 heteroatoms. The van der Waals surface area contributed by atoms with Gasteiger partial charge in [0.05, 0.1) is 17.0 Å². The van der Waals surface area contributed by atoms with Crippen LogP contribution in [-0.2, 0) is 4.84 Å². The molecule has 1 heterocycles. The smallest absolute Gasteiger partial charge is 0.368 e. The normalized spacial score (nSPS) is 15.0. The first-order valence-corrected chi connectivity index (χ1v) is 8.61. The molecule has 0 N–H and O–H groups in total. The molecule has 0 aliphatic carbocycles. The summed E-state index contributed by atoms with van der Waals surface area (Å²) in [6, 6.07) is 10.3. The molecule has 0 atom stereocenters. The van der Waals surface area contributed by atoms with E-state index in [9.17, 15) is 13.6 Å². The SMILES string of the molecule is C/C(=N/OC(=O)c1ccccc1F)c1ccc(N2CCCCC2)c(F)c1. The lowest BCUT2D eigenvalue weighted by atomic mass is 10.1. The van der Waals surface area contributed by atoms with Crippen LogP contribution in [0.25, 0.3) is 0 Å². The number of hydrogen-bond donors (Lipinski definition) is 0. The van der Waals surface area contributed by atoms with Crippen molar-refractivity contribution in [3.63, 3.8) is 0 Å². The van der Waals surface area contributed by atoms with Gasteiger partial charge in [-0.3, -0.25) is 0 Å². The Morgan fingerprint density at radius 2 is 1.77 bits per heavy atom. The molecule has 2 aromatic carbocycles. The number of carbonyl (C=O) groups excluding carboxylic acids is 1. The highest BCUT2D eigenvalue weighted by atomic mass is 19.1. The Bertz CT molecular complexity index is 830. The maximum atomic E-state index is 14.5. The second kappa shape index (κ2) is 8.08. The van der Waals surface area contributed by atoms with E-state index in [1.807, 2.05) is 4.90 Å². The molecule has 0 saturated carbocycles. The summed E-state index contributed by atoms with van der Waals surface area (Å²) in [5.74, 6) is -1.91. The second-order valence-electron chi connectivity index (χ2n) is 6.25. The number of rotatable bonds is 4. The maximum Gasteiger partial charge on any atom is 0.368 e. The van der Waals surface area contributed by atoms with Gasteiger partial charge in [0, 0.05) is 18.7 Å². The zero-order chi connectivity index (χ0) is 18.5. The lowest BCUT2D eigenvalue weighted by molar-refractivity contribution is 0.0511. The minimum Gasteiger partial charge on any atom is -0.369 e. The van der Waals surface area contributed by atoms with Crippen LogP contribution in [0, 0.1) is 11.6 Å². The van der Waals surface area contributed by atoms with E-state index in [1.165, 1.54) is 36.8 Å². The molecule has 1 fully saturated rings. The van der Waals surface area contributed by atoms with Crippen LogP contribution in [0.2, 0.25) is 0 Å². The average Bonchev–Trinajstić information content (AvgIpc) is 2.66. The molecule has 0 unspecified atom stereocenters. The molecular weight excluding hydrogens is 338 g/mol. The van der Waals surface area contributed by atoms with Crippen molar-refractivity contribution in [1.29, 1.82) is 0 Å². The molecule has 0 spiro atoms. The zero-order valence-electron chi connectivity index (χ0n) is 14.5. The van der Waals surface area contributed by atoms with E-state index in [2.05, 4.69) is 5.16 Å². The van der Waals surface area contributed by atoms with Gasteiger partial charge in [-0.05, 0) is 50.5 Å². The third kappa shape index (κ3) is 4.07. The zero-order valence-corrected chi connectivity index (χ0v) is 14.5. The van der Waals surface area contributed by atoms with Gasteiger partial charge >= 0.3 is 5.97 Å². The van der Waals surface area contributed by atoms with E-state index in [1.54, 1.807) is 19.1 Å². The molecule has 26 heavy (non-hydrogen) atoms. The third-order valence-electron chi connectivity index (χ3n) is 4.42. The fourth-order valence-electron chi connectivity index (χ4n) is 2.96. The molecule has 4 nitrogen and oxygen atoms in total. The summed E-state index contributed by atoms with van der Waals surface area (Å²) in [5.41, 5.74) is 1.21. The van der Waals surface area contributed by atoms with Gasteiger partial charge in [-0.15, -0.1) is 0 Å². The molecule has 1 saturated heterocycles. The predicted octanol–water partition coefficient (Wildman–Crippen LogP) is 4.54. The average molecular weight is 358 g/mol. The summed E-state index contributed by atoms with van der Waals surface area (Å²) < 4.78 is 28.0. The van der Waals surface area contributed by atoms with Crippen molar-refractivity contribution < 1.29 is 18.4 Å². The quantitative estimate of drug-likeness (QED) is 0.458. The van der Waals surface area contributed by atoms with Crippen molar-refractivity contribution in [1.82, 2.24) is 0 Å². The number of anilines is 1. The van der Waals surface area contributed by atoms with Gasteiger partial charge in [-0.2, -0.15) is 0 Å². The Hall–Kier alpha value is -2.76. The molecule has 0 bridgehead atoms. The van der Waals surface area contributed by atoms with Gasteiger partial charge in [0.15, 0.2) is 0 Å². The van der Waals surface area contributed by atoms with Crippen LogP contribution in [0.3, 0.4) is 0 Å². The van der Waals surface area contributed by atoms with E-state index in [0.717, 1.165) is 25.9 Å². The molecule has 0 radical (unpaired) electrons. The van der Waals surface area contributed by atoms with Crippen LogP contribution in [-0.4, -0.2) is 24.8 Å². The first-order valence-electron chi connectivity index (χ1n) is 8.61. The summed E-state index contributed by atoms with van der Waals surface area (Å²) in [6.45, 7) is 3.30. The fourth-order valence-corrected chi connectivity index (χ4v) is 2.96. The van der Waals surface area contributed by atoms with Crippen molar-refractivity contribution in [2.75, 3.05) is 18.0 Å². The molecule has 2 aromatic rings. The van der Waals surface area contributed by atoms with Crippen molar-refractivity contribution in [3.8, 4) is 0 Å². The van der Waals surface area contributed by atoms with Crippen molar-refractivity contribution in [2.24, 2.45) is 5.16 Å². The van der Waals surface area contributed by atoms with E-state index in [-0.39, 0.29) is 11.4 Å². The van der Waals surface area contributed by atoms with Crippen LogP contribution in [0.1, 0.15) is 42.1 Å². The van der Waals surface area contributed by atoms with Crippen LogP contribution < -0.4 is 4.90 Å². The topological polar surface area (TPSA) is 41.9 Å². The summed E-state index contributed by atoms with van der Waals surface area (Å²) in [4.78, 5) is 18.7. The van der Waals surface area contributed by atoms with Gasteiger partial charge in [0.25, 0.3) is 0 Å². The molecule has 0 aromatic heterocycles. The Labute approximate surface area is 151 Å². The van der Waals surface area contributed by atoms with Crippen LogP contribution in [0.5, 0.6) is 0 Å². The summed E-state index contributed by atoms with van der Waals surface area (Å²) >= 11 is 0. The minimum atomic E-state index is -0.896. The van der Waals surface area contributed by atoms with Crippen LogP contribution in [0.4, 0.5) is 14.5 Å². The van der Waals surface area contributed by atoms with Gasteiger partial charge in [0.1, 0.15) is 11.6 Å². The number of benzene rings is 2. The van der Waals surface area contributed by atoms with Gasteiger partial charge in [-0.25, -0.2) is 13.6 Å². The molecule has 136 valence electrons. The number of nitrogens with zero attached hydrogens (tertiary/aromatic N) is 2. The highest BCUT2D eigenvalue weighted by Gasteiger charge is 2.16. The Morgan fingerprint density at radius 1 is 1.04 bits per heavy atom. The summed E-state index contributed by atoms with van der Waals surface area (Å²) in [5, 5.41) is 3.72. The third-order valence-corrected chi connectivity index (χ3v) is 4.42. The van der Waals surface area contributed by atoms with Crippen molar-refractivity contribution in [2.45, 2.75) is 26.2 Å². The molecule has 3 rings (SSSR count). The van der Waals surface area contributed by atoms with Crippen LogP contribution >= 0.6 is 0 Å². The highest BCUT2D eigenvalue weighted by molar-refractivity contribution is 5.99. The van der Waals surface area contributed by atoms with Crippen molar-refractivity contribution in [3.05, 3.63) is 65.2 Å². The molecule has 0 amide bonds. The minimum absolute atomic E-state index is 0.198. The van der Waals surface area contributed by atoms with E-state index in [4.69, 9.17) is 4.84 Å². The number of oxime groups is 1. The van der Waals surface area contributed by atoms with E-state index >= 15 is 0 Å². The van der Waals surface area contributed by atoms with Crippen molar-refractivity contribution >= 4 is 17.4 Å². The number of hydrogen-bond acceptors (Lipinski definition) is 4. The van der Waals surface area contributed by atoms with Gasteiger partial charge < -0.3 is 9.74 Å². The Balaban J connectivity index is 1.72. The van der Waals surface area contributed by atoms with Gasteiger partial charge in [0.2, 0.25) is 0 Å². The molecule has 1 aliphatic rings. The van der Waals surface area contributed by atoms with Gasteiger partial charge in [-0.1, -0.05) is 23.4 Å². The first-order chi connectivity index (χ1) is 12.6. The lowest BCUT2D eigenvalue weighted by Crippen LogP contribution is -2.30. The highest BCUT2D eigenvalue weighted by Crippen LogP contribution is 2.24. The maximum absolute atomic E-state index is 14.5. The Morgan fingerprint density at radius 3 is 2.46 bits per heavy atom. The number of carbonyl (C=O) groups is 1. The largest absolute Gasteiger partial charge is 0.369 e. The Kier molecular flexibility index (Phi) is 5.61. The second-order valence-corrected chi connectivity index (χ2v) is 6.25. The first kappa shape index (κ1) is 18.0. The fraction of sp³-hybridized carbons (Fsp3) is 0.300. The number of halogens is 2. The summed E-state index contributed by atoms with van der Waals surface area (Å²) in [6.07, 6.45) is 3.30. The number of piperidine rings is 1. The lowest BCUT2D eigenvalue weighted by Gasteiger charge is -2.29. The predicted molar refractivity (Wildman–Crippen MR) is 96.5 cm³/mol. The monoisotopic (exact) mass is 358 g/mol. The molecule has 1 aliphatic heterocycles.